The maximum absolute atomic E-state index is 12.7. The zero-order valence-electron chi connectivity index (χ0n) is 15.2. The second kappa shape index (κ2) is 8.04. The molecule has 136 valence electrons. The summed E-state index contributed by atoms with van der Waals surface area (Å²) in [6.45, 7) is 3.08. The van der Waals surface area contributed by atoms with Crippen LogP contribution < -0.4 is 10.1 Å². The molecule has 0 unspecified atom stereocenters. The fourth-order valence-corrected chi connectivity index (χ4v) is 2.74. The van der Waals surface area contributed by atoms with Gasteiger partial charge in [-0.15, -0.1) is 0 Å². The van der Waals surface area contributed by atoms with Gasteiger partial charge in [-0.3, -0.25) is 9.59 Å². The molecule has 2 amide bonds. The molecule has 1 aliphatic carbocycles. The molecule has 2 aromatic rings. The average Bonchev–Trinajstić information content (AvgIpc) is 3.48. The lowest BCUT2D eigenvalue weighted by molar-refractivity contribution is -0.117. The maximum atomic E-state index is 12.7. The van der Waals surface area contributed by atoms with Gasteiger partial charge in [0.15, 0.2) is 0 Å². The van der Waals surface area contributed by atoms with Gasteiger partial charge < -0.3 is 15.0 Å². The number of rotatable bonds is 7. The second-order valence-electron chi connectivity index (χ2n) is 6.58. The molecular weight excluding hydrogens is 328 g/mol. The third kappa shape index (κ3) is 4.63. The summed E-state index contributed by atoms with van der Waals surface area (Å²) >= 11 is 0. The van der Waals surface area contributed by atoms with E-state index in [0.717, 1.165) is 24.2 Å². The summed E-state index contributed by atoms with van der Waals surface area (Å²) in [6.07, 6.45) is 1.91. The fraction of sp³-hybridized carbons (Fsp3) is 0.333. The molecule has 3 rings (SSSR count). The Labute approximate surface area is 154 Å². The van der Waals surface area contributed by atoms with E-state index < -0.39 is 0 Å². The molecule has 1 aliphatic rings. The van der Waals surface area contributed by atoms with Crippen LogP contribution in [0.3, 0.4) is 0 Å². The van der Waals surface area contributed by atoms with Crippen LogP contribution in [0, 0.1) is 5.92 Å². The highest BCUT2D eigenvalue weighted by molar-refractivity contribution is 5.98. The number of benzene rings is 2. The van der Waals surface area contributed by atoms with Gasteiger partial charge >= 0.3 is 0 Å². The van der Waals surface area contributed by atoms with Crippen LogP contribution in [0.25, 0.3) is 0 Å². The molecule has 26 heavy (non-hydrogen) atoms. The summed E-state index contributed by atoms with van der Waals surface area (Å²) in [5, 5.41) is 2.88. The highest BCUT2D eigenvalue weighted by Gasteiger charge is 2.29. The van der Waals surface area contributed by atoms with Crippen molar-refractivity contribution in [3.8, 4) is 5.75 Å². The molecule has 0 radical (unpaired) electrons. The van der Waals surface area contributed by atoms with E-state index >= 15 is 0 Å². The Morgan fingerprint density at radius 1 is 1.15 bits per heavy atom. The van der Waals surface area contributed by atoms with E-state index in [-0.39, 0.29) is 17.7 Å². The van der Waals surface area contributed by atoms with E-state index in [1.165, 1.54) is 0 Å². The Hall–Kier alpha value is -2.82. The zero-order chi connectivity index (χ0) is 18.5. The minimum atomic E-state index is -0.0820. The van der Waals surface area contributed by atoms with Gasteiger partial charge in [-0.05, 0) is 55.7 Å². The molecule has 5 heteroatoms. The van der Waals surface area contributed by atoms with Crippen LogP contribution in [0.5, 0.6) is 5.75 Å². The molecule has 0 bridgehead atoms. The van der Waals surface area contributed by atoms with Crippen molar-refractivity contribution in [1.29, 1.82) is 0 Å². The maximum Gasteiger partial charge on any atom is 0.253 e. The number of hydrogen-bond acceptors (Lipinski definition) is 3. The molecule has 0 atom stereocenters. The van der Waals surface area contributed by atoms with Crippen molar-refractivity contribution in [2.75, 3.05) is 19.0 Å². The van der Waals surface area contributed by atoms with Gasteiger partial charge in [0.2, 0.25) is 5.91 Å². The average molecular weight is 352 g/mol. The molecule has 2 aromatic carbocycles. The predicted octanol–water partition coefficient (Wildman–Crippen LogP) is 3.71. The molecule has 1 saturated carbocycles. The summed E-state index contributed by atoms with van der Waals surface area (Å²) in [7, 11) is 1.77. The summed E-state index contributed by atoms with van der Waals surface area (Å²) in [6, 6.07) is 14.8. The van der Waals surface area contributed by atoms with Gasteiger partial charge in [0.25, 0.3) is 5.91 Å². The van der Waals surface area contributed by atoms with Crippen LogP contribution in [0.2, 0.25) is 0 Å². The van der Waals surface area contributed by atoms with Crippen molar-refractivity contribution in [2.24, 2.45) is 5.92 Å². The number of carbonyl (C=O) groups is 2. The largest absolute Gasteiger partial charge is 0.494 e. The van der Waals surface area contributed by atoms with E-state index in [1.54, 1.807) is 30.1 Å². The summed E-state index contributed by atoms with van der Waals surface area (Å²) in [4.78, 5) is 26.2. The molecule has 0 aliphatic heterocycles. The van der Waals surface area contributed by atoms with E-state index in [2.05, 4.69) is 5.32 Å². The van der Waals surface area contributed by atoms with Crippen molar-refractivity contribution < 1.29 is 14.3 Å². The molecule has 0 heterocycles. The van der Waals surface area contributed by atoms with E-state index in [0.29, 0.717) is 24.4 Å². The zero-order valence-corrected chi connectivity index (χ0v) is 15.2. The number of nitrogens with zero attached hydrogens (tertiary/aromatic N) is 1. The van der Waals surface area contributed by atoms with Crippen molar-refractivity contribution in [2.45, 2.75) is 26.3 Å². The molecule has 0 aromatic heterocycles. The minimum Gasteiger partial charge on any atom is -0.494 e. The van der Waals surface area contributed by atoms with E-state index in [4.69, 9.17) is 4.74 Å². The van der Waals surface area contributed by atoms with Gasteiger partial charge in [0.05, 0.1) is 6.61 Å². The molecule has 0 saturated heterocycles. The third-order valence-corrected chi connectivity index (χ3v) is 4.33. The molecule has 1 fully saturated rings. The highest BCUT2D eigenvalue weighted by Crippen LogP contribution is 2.30. The lowest BCUT2D eigenvalue weighted by atomic mass is 10.1. The SMILES string of the molecule is CCOc1ccc(CN(C)C(=O)c2cccc(NC(=O)C3CC3)c2)cc1. The number of amides is 2. The van der Waals surface area contributed by atoms with Crippen LogP contribution in [0.4, 0.5) is 5.69 Å². The number of nitrogens with one attached hydrogen (secondary N) is 1. The molecule has 5 nitrogen and oxygen atoms in total. The van der Waals surface area contributed by atoms with Crippen LogP contribution >= 0.6 is 0 Å². The van der Waals surface area contributed by atoms with Gasteiger partial charge in [0, 0.05) is 30.8 Å². The summed E-state index contributed by atoms with van der Waals surface area (Å²) < 4.78 is 5.43. The fourth-order valence-electron chi connectivity index (χ4n) is 2.74. The quantitative estimate of drug-likeness (QED) is 0.826. The van der Waals surface area contributed by atoms with Crippen molar-refractivity contribution in [1.82, 2.24) is 4.90 Å². The topological polar surface area (TPSA) is 58.6 Å². The van der Waals surface area contributed by atoms with Crippen LogP contribution in [0.15, 0.2) is 48.5 Å². The Morgan fingerprint density at radius 3 is 2.54 bits per heavy atom. The molecule has 1 N–H and O–H groups in total. The standard InChI is InChI=1S/C21H24N2O3/c1-3-26-19-11-7-15(8-12-19)14-23(2)21(25)17-5-4-6-18(13-17)22-20(24)16-9-10-16/h4-8,11-13,16H,3,9-10,14H2,1-2H3,(H,22,24). The number of ether oxygens (including phenoxy) is 1. The van der Waals surface area contributed by atoms with Crippen molar-refractivity contribution in [3.63, 3.8) is 0 Å². The smallest absolute Gasteiger partial charge is 0.253 e. The number of hydrogen-bond donors (Lipinski definition) is 1. The Kier molecular flexibility index (Phi) is 5.56. The van der Waals surface area contributed by atoms with Crippen LogP contribution in [-0.2, 0) is 11.3 Å². The van der Waals surface area contributed by atoms with Crippen LogP contribution in [-0.4, -0.2) is 30.4 Å². The first-order chi connectivity index (χ1) is 12.6. The highest BCUT2D eigenvalue weighted by atomic mass is 16.5. The van der Waals surface area contributed by atoms with E-state index in [1.807, 2.05) is 37.3 Å². The first-order valence-electron chi connectivity index (χ1n) is 8.95. The minimum absolute atomic E-state index is 0.0392. The molecule has 0 spiro atoms. The van der Waals surface area contributed by atoms with Crippen molar-refractivity contribution in [3.05, 3.63) is 59.7 Å². The monoisotopic (exact) mass is 352 g/mol. The Balaban J connectivity index is 1.63. The lowest BCUT2D eigenvalue weighted by Gasteiger charge is -2.18. The van der Waals surface area contributed by atoms with E-state index in [9.17, 15) is 9.59 Å². The second-order valence-corrected chi connectivity index (χ2v) is 6.58. The van der Waals surface area contributed by atoms with Gasteiger partial charge in [-0.25, -0.2) is 0 Å². The Morgan fingerprint density at radius 2 is 1.88 bits per heavy atom. The van der Waals surface area contributed by atoms with Gasteiger partial charge in [-0.2, -0.15) is 0 Å². The Bertz CT molecular complexity index is 782. The van der Waals surface area contributed by atoms with Gasteiger partial charge in [0.1, 0.15) is 5.75 Å². The van der Waals surface area contributed by atoms with Gasteiger partial charge in [-0.1, -0.05) is 18.2 Å². The number of carbonyl (C=O) groups excluding carboxylic acids is 2. The lowest BCUT2D eigenvalue weighted by Crippen LogP contribution is -2.26. The summed E-state index contributed by atoms with van der Waals surface area (Å²) in [5.74, 6) is 0.916. The molecular formula is C21H24N2O3. The van der Waals surface area contributed by atoms with Crippen molar-refractivity contribution >= 4 is 17.5 Å². The predicted molar refractivity (Wildman–Crippen MR) is 101 cm³/mol. The normalized spacial score (nSPS) is 13.2. The number of anilines is 1. The van der Waals surface area contributed by atoms with Crippen LogP contribution in [0.1, 0.15) is 35.7 Å². The first kappa shape index (κ1) is 18.0. The third-order valence-electron chi connectivity index (χ3n) is 4.33. The first-order valence-corrected chi connectivity index (χ1v) is 8.95. The summed E-state index contributed by atoms with van der Waals surface area (Å²) in [5.41, 5.74) is 2.26.